The van der Waals surface area contributed by atoms with Crippen molar-refractivity contribution >= 4 is 17.5 Å². The molecular weight excluding hydrogens is 244 g/mol. The Balaban J connectivity index is 2.35. The number of nitrogens with one attached hydrogen (secondary N) is 1. The maximum atomic E-state index is 11.3. The lowest BCUT2D eigenvalue weighted by Crippen LogP contribution is -2.45. The zero-order valence-electron chi connectivity index (χ0n) is 8.93. The lowest BCUT2D eigenvalue weighted by Gasteiger charge is -2.27. The molecule has 17 heavy (non-hydrogen) atoms. The van der Waals surface area contributed by atoms with Crippen LogP contribution >= 0.6 is 11.6 Å². The predicted molar refractivity (Wildman–Crippen MR) is 62.4 cm³/mol. The summed E-state index contributed by atoms with van der Waals surface area (Å²) in [5.41, 5.74) is 0.601. The van der Waals surface area contributed by atoms with E-state index >= 15 is 0 Å². The first-order chi connectivity index (χ1) is 8.09. The Labute approximate surface area is 103 Å². The van der Waals surface area contributed by atoms with Crippen LogP contribution in [0.5, 0.6) is 0 Å². The molecule has 1 aliphatic rings. The second kappa shape index (κ2) is 4.71. The highest BCUT2D eigenvalue weighted by atomic mass is 35.5. The maximum absolute atomic E-state index is 11.3. The quantitative estimate of drug-likeness (QED) is 0.647. The standard InChI is InChI=1S/C11H11ClN2O3/c12-8-4-2-1-3-7(8)11-9(14(16)17)5-6-10(15)13-11/h1-4,9,11H,5-6H2,(H,13,15)/t9-,11-/m1/s1. The van der Waals surface area contributed by atoms with Gasteiger partial charge in [0.1, 0.15) is 6.04 Å². The summed E-state index contributed by atoms with van der Waals surface area (Å²) < 4.78 is 0. The second-order valence-corrected chi connectivity index (χ2v) is 4.37. The third-order valence-corrected chi connectivity index (χ3v) is 3.22. The van der Waals surface area contributed by atoms with Gasteiger partial charge in [0.05, 0.1) is 0 Å². The number of carbonyl (C=O) groups excluding carboxylic acids is 1. The second-order valence-electron chi connectivity index (χ2n) is 3.96. The molecule has 0 saturated carbocycles. The fraction of sp³-hybridized carbons (Fsp3) is 0.364. The van der Waals surface area contributed by atoms with Crippen LogP contribution in [0.3, 0.4) is 0 Å². The fourth-order valence-corrected chi connectivity index (χ4v) is 2.28. The molecule has 0 aliphatic carbocycles. The van der Waals surface area contributed by atoms with Crippen molar-refractivity contribution in [3.05, 3.63) is 45.0 Å². The first-order valence-electron chi connectivity index (χ1n) is 5.27. The van der Waals surface area contributed by atoms with Crippen LogP contribution in [0.4, 0.5) is 0 Å². The summed E-state index contributed by atoms with van der Waals surface area (Å²) in [5.74, 6) is -0.173. The Kier molecular flexibility index (Phi) is 3.28. The molecule has 1 aromatic carbocycles. The molecule has 0 aromatic heterocycles. The number of amides is 1. The van der Waals surface area contributed by atoms with E-state index in [0.29, 0.717) is 10.6 Å². The highest BCUT2D eigenvalue weighted by Crippen LogP contribution is 2.30. The molecule has 1 N–H and O–H groups in total. The molecule has 0 unspecified atom stereocenters. The third kappa shape index (κ3) is 2.39. The van der Waals surface area contributed by atoms with Gasteiger partial charge < -0.3 is 5.32 Å². The van der Waals surface area contributed by atoms with Crippen LogP contribution < -0.4 is 5.32 Å². The Bertz CT molecular complexity index is 464. The molecule has 2 rings (SSSR count). The first-order valence-corrected chi connectivity index (χ1v) is 5.64. The Hall–Kier alpha value is -1.62. The molecule has 1 heterocycles. The van der Waals surface area contributed by atoms with Gasteiger partial charge >= 0.3 is 0 Å². The monoisotopic (exact) mass is 254 g/mol. The van der Waals surface area contributed by atoms with Crippen molar-refractivity contribution in [1.29, 1.82) is 0 Å². The molecule has 1 saturated heterocycles. The van der Waals surface area contributed by atoms with Crippen LogP contribution in [0.25, 0.3) is 0 Å². The number of rotatable bonds is 2. The number of halogens is 1. The van der Waals surface area contributed by atoms with E-state index in [-0.39, 0.29) is 23.7 Å². The Morgan fingerprint density at radius 2 is 2.12 bits per heavy atom. The van der Waals surface area contributed by atoms with E-state index < -0.39 is 12.1 Å². The largest absolute Gasteiger partial charge is 0.343 e. The van der Waals surface area contributed by atoms with E-state index in [4.69, 9.17) is 11.6 Å². The minimum atomic E-state index is -0.812. The molecule has 0 spiro atoms. The molecule has 90 valence electrons. The van der Waals surface area contributed by atoms with Crippen LogP contribution in [-0.2, 0) is 4.79 Å². The van der Waals surface area contributed by atoms with Crippen LogP contribution in [0, 0.1) is 10.1 Å². The SMILES string of the molecule is O=C1CC[C@@H]([N+](=O)[O-])[C@@H](c2ccccc2Cl)N1. The normalized spacial score (nSPS) is 24.2. The van der Waals surface area contributed by atoms with Crippen LogP contribution in [-0.4, -0.2) is 16.9 Å². The molecular formula is C11H11ClN2O3. The molecule has 1 amide bonds. The van der Waals surface area contributed by atoms with E-state index in [1.807, 2.05) is 0 Å². The average Bonchev–Trinajstić information content (AvgIpc) is 2.29. The molecule has 6 heteroatoms. The minimum absolute atomic E-state index is 0.173. The van der Waals surface area contributed by atoms with Crippen molar-refractivity contribution in [1.82, 2.24) is 5.32 Å². The van der Waals surface area contributed by atoms with Gasteiger partial charge in [-0.2, -0.15) is 0 Å². The number of hydrogen-bond donors (Lipinski definition) is 1. The minimum Gasteiger partial charge on any atom is -0.343 e. The van der Waals surface area contributed by atoms with E-state index in [1.165, 1.54) is 0 Å². The van der Waals surface area contributed by atoms with Crippen molar-refractivity contribution in [2.75, 3.05) is 0 Å². The Morgan fingerprint density at radius 3 is 2.76 bits per heavy atom. The van der Waals surface area contributed by atoms with Gasteiger partial charge in [-0.15, -0.1) is 0 Å². The summed E-state index contributed by atoms with van der Waals surface area (Å²) in [5, 5.41) is 14.0. The zero-order valence-corrected chi connectivity index (χ0v) is 9.68. The van der Waals surface area contributed by atoms with Crippen molar-refractivity contribution in [3.63, 3.8) is 0 Å². The molecule has 1 fully saturated rings. The number of nitro groups is 1. The highest BCUT2D eigenvalue weighted by Gasteiger charge is 2.38. The topological polar surface area (TPSA) is 72.2 Å². The lowest BCUT2D eigenvalue weighted by atomic mass is 9.92. The van der Waals surface area contributed by atoms with Gasteiger partial charge in [0, 0.05) is 22.8 Å². The van der Waals surface area contributed by atoms with Gasteiger partial charge in [-0.05, 0) is 11.6 Å². The van der Waals surface area contributed by atoms with E-state index in [0.717, 1.165) is 0 Å². The van der Waals surface area contributed by atoms with E-state index in [1.54, 1.807) is 24.3 Å². The van der Waals surface area contributed by atoms with Crippen LogP contribution in [0.1, 0.15) is 24.4 Å². The average molecular weight is 255 g/mol. The smallest absolute Gasteiger partial charge is 0.237 e. The summed E-state index contributed by atoms with van der Waals surface area (Å²) in [4.78, 5) is 22.0. The van der Waals surface area contributed by atoms with Crippen LogP contribution in [0.2, 0.25) is 5.02 Å². The van der Waals surface area contributed by atoms with Gasteiger partial charge in [-0.25, -0.2) is 0 Å². The van der Waals surface area contributed by atoms with Gasteiger partial charge in [0.15, 0.2) is 0 Å². The number of hydrogen-bond acceptors (Lipinski definition) is 3. The van der Waals surface area contributed by atoms with Gasteiger partial charge in [0.25, 0.3) is 0 Å². The summed E-state index contributed by atoms with van der Waals surface area (Å²) in [6, 6.07) is 5.41. The summed E-state index contributed by atoms with van der Waals surface area (Å²) in [6.45, 7) is 0. The molecule has 5 nitrogen and oxygen atoms in total. The van der Waals surface area contributed by atoms with E-state index in [2.05, 4.69) is 5.32 Å². The van der Waals surface area contributed by atoms with Gasteiger partial charge in [0.2, 0.25) is 11.9 Å². The molecule has 2 atom stereocenters. The Morgan fingerprint density at radius 1 is 1.41 bits per heavy atom. The summed E-state index contributed by atoms with van der Waals surface area (Å²) >= 11 is 6.00. The van der Waals surface area contributed by atoms with Gasteiger partial charge in [-0.1, -0.05) is 29.8 Å². The van der Waals surface area contributed by atoms with Crippen molar-refractivity contribution in [2.24, 2.45) is 0 Å². The van der Waals surface area contributed by atoms with Gasteiger partial charge in [-0.3, -0.25) is 14.9 Å². The van der Waals surface area contributed by atoms with Crippen molar-refractivity contribution < 1.29 is 9.72 Å². The number of piperidine rings is 1. The summed E-state index contributed by atoms with van der Waals surface area (Å²) in [6.07, 6.45) is 0.432. The van der Waals surface area contributed by atoms with Crippen LogP contribution in [0.15, 0.2) is 24.3 Å². The first kappa shape index (κ1) is 11.9. The summed E-state index contributed by atoms with van der Waals surface area (Å²) in [7, 11) is 0. The zero-order chi connectivity index (χ0) is 12.4. The predicted octanol–water partition coefficient (Wildman–Crippen LogP) is 1.94. The molecule has 0 bridgehead atoms. The van der Waals surface area contributed by atoms with E-state index in [9.17, 15) is 14.9 Å². The number of benzene rings is 1. The molecule has 1 aromatic rings. The molecule has 0 radical (unpaired) electrons. The number of nitrogens with zero attached hydrogens (tertiary/aromatic N) is 1. The van der Waals surface area contributed by atoms with Crippen molar-refractivity contribution in [3.8, 4) is 0 Å². The number of carbonyl (C=O) groups is 1. The highest BCUT2D eigenvalue weighted by molar-refractivity contribution is 6.31. The molecule has 1 aliphatic heterocycles. The maximum Gasteiger partial charge on any atom is 0.237 e. The fourth-order valence-electron chi connectivity index (χ4n) is 2.03. The lowest BCUT2D eigenvalue weighted by molar-refractivity contribution is -0.529. The van der Waals surface area contributed by atoms with Crippen molar-refractivity contribution in [2.45, 2.75) is 24.9 Å². The third-order valence-electron chi connectivity index (χ3n) is 2.88.